The van der Waals surface area contributed by atoms with Crippen molar-refractivity contribution in [1.82, 2.24) is 9.47 Å². The first-order valence-electron chi connectivity index (χ1n) is 12.2. The van der Waals surface area contributed by atoms with E-state index in [1.807, 2.05) is 21.6 Å². The number of hydrogen-bond donors (Lipinski definition) is 2. The summed E-state index contributed by atoms with van der Waals surface area (Å²) < 4.78 is 7.24. The molecule has 2 amide bonds. The average Bonchev–Trinajstić information content (AvgIpc) is 2.85. The molecule has 180 valence electrons. The van der Waals surface area contributed by atoms with Crippen LogP contribution in [0.2, 0.25) is 0 Å². The summed E-state index contributed by atoms with van der Waals surface area (Å²) in [5.41, 5.74) is 2.13. The fourth-order valence-electron chi connectivity index (χ4n) is 6.23. The molecule has 4 heterocycles. The number of carbonyl (C=O) groups excluding carboxylic acids is 2. The maximum absolute atomic E-state index is 13.1. The molecule has 3 aliphatic heterocycles. The molecule has 0 saturated carbocycles. The summed E-state index contributed by atoms with van der Waals surface area (Å²) >= 11 is 0. The fourth-order valence-corrected chi connectivity index (χ4v) is 6.23. The average molecular weight is 466 g/mol. The highest BCUT2D eigenvalue weighted by molar-refractivity contribution is 6.06. The second-order valence-corrected chi connectivity index (χ2v) is 9.88. The monoisotopic (exact) mass is 465 g/mol. The van der Waals surface area contributed by atoms with Crippen molar-refractivity contribution >= 4 is 17.5 Å². The number of ether oxygens (including phenoxy) is 1. The maximum atomic E-state index is 13.1. The number of para-hydroxylation sites is 1. The second kappa shape index (κ2) is 9.25. The minimum Gasteiger partial charge on any atom is -0.496 e. The number of nitrogens with one attached hydrogen (secondary N) is 2. The van der Waals surface area contributed by atoms with Crippen LogP contribution in [0.4, 0.5) is 5.69 Å². The summed E-state index contributed by atoms with van der Waals surface area (Å²) in [6, 6.07) is 11.0. The highest BCUT2D eigenvalue weighted by Gasteiger charge is 2.42. The van der Waals surface area contributed by atoms with Crippen LogP contribution in [0.3, 0.4) is 0 Å². The Hall–Kier alpha value is -3.13. The molecule has 5 rings (SSSR count). The summed E-state index contributed by atoms with van der Waals surface area (Å²) in [6.07, 6.45) is 3.08. The number of amides is 2. The molecule has 3 aliphatic rings. The lowest BCUT2D eigenvalue weighted by molar-refractivity contribution is -0.937. The van der Waals surface area contributed by atoms with Crippen LogP contribution in [0.25, 0.3) is 0 Å². The topological polar surface area (TPSA) is 85.1 Å². The molecule has 2 aromatic rings. The van der Waals surface area contributed by atoms with E-state index in [1.165, 1.54) is 0 Å². The van der Waals surface area contributed by atoms with E-state index in [0.29, 0.717) is 35.5 Å². The minimum atomic E-state index is -0.238. The van der Waals surface area contributed by atoms with Gasteiger partial charge in [-0.1, -0.05) is 12.1 Å². The summed E-state index contributed by atoms with van der Waals surface area (Å²) in [6.45, 7) is 6.00. The molecule has 8 heteroatoms. The highest BCUT2D eigenvalue weighted by atomic mass is 16.5. The molecule has 0 aliphatic carbocycles. The molecule has 2 bridgehead atoms. The number of likely N-dealkylation sites (tertiary alicyclic amines) is 2. The number of anilines is 1. The van der Waals surface area contributed by atoms with Crippen molar-refractivity contribution in [2.45, 2.75) is 44.7 Å². The number of fused-ring (bicyclic) bond motifs is 4. The molecular weight excluding hydrogens is 432 g/mol. The Bertz CT molecular complexity index is 1150. The van der Waals surface area contributed by atoms with E-state index >= 15 is 0 Å². The quantitative estimate of drug-likeness (QED) is 0.709. The maximum Gasteiger partial charge on any atom is 0.259 e. The van der Waals surface area contributed by atoms with Gasteiger partial charge in [0.2, 0.25) is 5.91 Å². The lowest BCUT2D eigenvalue weighted by Crippen LogP contribution is -3.18. The molecule has 1 aromatic heterocycles. The smallest absolute Gasteiger partial charge is 0.259 e. The number of hydrogen-bond acceptors (Lipinski definition) is 4. The SMILES string of the molecule is COc1ccccc1C(=O)Nc1ccc(=O)n2c1[C@@H]1C[C@H](C2)C[NH+](C2CCN(C(C)=O)CC2)C1. The van der Waals surface area contributed by atoms with Crippen LogP contribution in [0.1, 0.15) is 48.2 Å². The number of quaternary nitrogens is 1. The predicted molar refractivity (Wildman–Crippen MR) is 128 cm³/mol. The van der Waals surface area contributed by atoms with Gasteiger partial charge in [0.1, 0.15) is 5.75 Å². The number of piperidine rings is 2. The van der Waals surface area contributed by atoms with Gasteiger partial charge in [-0.15, -0.1) is 0 Å². The van der Waals surface area contributed by atoms with Gasteiger partial charge in [0.25, 0.3) is 11.5 Å². The third kappa shape index (κ3) is 4.22. The Morgan fingerprint density at radius 3 is 2.59 bits per heavy atom. The van der Waals surface area contributed by atoms with Crippen LogP contribution in [0.5, 0.6) is 5.75 Å². The molecule has 2 N–H and O–H groups in total. The number of pyridine rings is 1. The molecule has 1 unspecified atom stereocenters. The molecule has 3 atom stereocenters. The van der Waals surface area contributed by atoms with Gasteiger partial charge >= 0.3 is 0 Å². The van der Waals surface area contributed by atoms with Crippen LogP contribution in [0, 0.1) is 5.92 Å². The van der Waals surface area contributed by atoms with E-state index in [4.69, 9.17) is 4.74 Å². The van der Waals surface area contributed by atoms with E-state index in [1.54, 1.807) is 43.2 Å². The lowest BCUT2D eigenvalue weighted by Gasteiger charge is -2.45. The van der Waals surface area contributed by atoms with E-state index in [9.17, 15) is 14.4 Å². The van der Waals surface area contributed by atoms with Crippen LogP contribution >= 0.6 is 0 Å². The molecule has 2 fully saturated rings. The van der Waals surface area contributed by atoms with Crippen molar-refractivity contribution < 1.29 is 19.2 Å². The van der Waals surface area contributed by atoms with Crippen LogP contribution in [-0.4, -0.2) is 60.6 Å². The summed E-state index contributed by atoms with van der Waals surface area (Å²) in [4.78, 5) is 41.1. The largest absolute Gasteiger partial charge is 0.496 e. The number of benzene rings is 1. The molecule has 2 saturated heterocycles. The highest BCUT2D eigenvalue weighted by Crippen LogP contribution is 2.35. The number of carbonyl (C=O) groups is 2. The van der Waals surface area contributed by atoms with Gasteiger partial charge in [0.15, 0.2) is 0 Å². The normalized spacial score (nSPS) is 24.3. The first-order chi connectivity index (χ1) is 16.4. The van der Waals surface area contributed by atoms with Gasteiger partial charge in [0.05, 0.1) is 49.1 Å². The number of aromatic nitrogens is 1. The standard InChI is InChI=1S/C26H32N4O4/c1-17(31)28-11-9-20(10-12-28)29-14-18-13-19(16-29)25-22(7-8-24(32)30(25)15-18)27-26(33)21-5-3-4-6-23(21)34-2/h3-8,18-20H,9-16H2,1-2H3,(H,27,33)/p+1/t18-,19+/m0/s1. The molecule has 1 aromatic carbocycles. The zero-order chi connectivity index (χ0) is 23.8. The Morgan fingerprint density at radius 2 is 1.85 bits per heavy atom. The summed E-state index contributed by atoms with van der Waals surface area (Å²) in [5.74, 6) is 1.11. The van der Waals surface area contributed by atoms with Crippen LogP contribution in [0.15, 0.2) is 41.2 Å². The Balaban J connectivity index is 1.39. The Kier molecular flexibility index (Phi) is 6.16. The van der Waals surface area contributed by atoms with Gasteiger partial charge in [-0.25, -0.2) is 0 Å². The van der Waals surface area contributed by atoms with Crippen molar-refractivity contribution in [3.63, 3.8) is 0 Å². The van der Waals surface area contributed by atoms with Crippen molar-refractivity contribution in [3.05, 3.63) is 58.0 Å². The van der Waals surface area contributed by atoms with Crippen molar-refractivity contribution in [2.75, 3.05) is 38.6 Å². The van der Waals surface area contributed by atoms with Crippen molar-refractivity contribution in [1.29, 1.82) is 0 Å². The first kappa shape index (κ1) is 22.7. The molecule has 8 nitrogen and oxygen atoms in total. The second-order valence-electron chi connectivity index (χ2n) is 9.88. The molecule has 0 spiro atoms. The third-order valence-corrected chi connectivity index (χ3v) is 7.85. The molecular formula is C26H33N4O4+. The Morgan fingerprint density at radius 1 is 1.09 bits per heavy atom. The van der Waals surface area contributed by atoms with E-state index < -0.39 is 0 Å². The van der Waals surface area contributed by atoms with E-state index in [0.717, 1.165) is 51.1 Å². The number of methoxy groups -OCH3 is 1. The number of rotatable bonds is 4. The summed E-state index contributed by atoms with van der Waals surface area (Å²) in [7, 11) is 1.55. The zero-order valence-corrected chi connectivity index (χ0v) is 19.9. The van der Waals surface area contributed by atoms with Gasteiger partial charge in [0, 0.05) is 51.4 Å². The van der Waals surface area contributed by atoms with Crippen molar-refractivity contribution in [3.8, 4) is 5.75 Å². The minimum absolute atomic E-state index is 0.00166. The van der Waals surface area contributed by atoms with Gasteiger partial charge in [-0.3, -0.25) is 14.4 Å². The molecule has 0 radical (unpaired) electrons. The van der Waals surface area contributed by atoms with Crippen LogP contribution in [-0.2, 0) is 11.3 Å². The molecule has 34 heavy (non-hydrogen) atoms. The van der Waals surface area contributed by atoms with Gasteiger partial charge < -0.3 is 24.4 Å². The predicted octanol–water partition coefficient (Wildman–Crippen LogP) is 1.12. The number of nitrogens with zero attached hydrogens (tertiary/aromatic N) is 2. The van der Waals surface area contributed by atoms with Gasteiger partial charge in [-0.2, -0.15) is 0 Å². The fraction of sp³-hybridized carbons (Fsp3) is 0.500. The van der Waals surface area contributed by atoms with Crippen LogP contribution < -0.4 is 20.5 Å². The first-order valence-corrected chi connectivity index (χ1v) is 12.2. The van der Waals surface area contributed by atoms with Crippen molar-refractivity contribution in [2.24, 2.45) is 5.92 Å². The lowest BCUT2D eigenvalue weighted by atomic mass is 9.81. The van der Waals surface area contributed by atoms with E-state index in [-0.39, 0.29) is 23.3 Å². The van der Waals surface area contributed by atoms with E-state index in [2.05, 4.69) is 5.32 Å². The summed E-state index contributed by atoms with van der Waals surface area (Å²) in [5, 5.41) is 3.07. The third-order valence-electron chi connectivity index (χ3n) is 7.85. The zero-order valence-electron chi connectivity index (χ0n) is 19.9. The Labute approximate surface area is 199 Å². The van der Waals surface area contributed by atoms with Gasteiger partial charge in [-0.05, 0) is 24.6 Å².